The van der Waals surface area contributed by atoms with Crippen LogP contribution in [0.2, 0.25) is 0 Å². The van der Waals surface area contributed by atoms with Gasteiger partial charge in [0.05, 0.1) is 25.4 Å². The number of fused-ring (bicyclic) bond motifs is 6. The number of rotatable bonds is 17. The van der Waals surface area contributed by atoms with E-state index in [1.165, 1.54) is 167 Å². The van der Waals surface area contributed by atoms with E-state index in [-0.39, 0.29) is 0 Å². The summed E-state index contributed by atoms with van der Waals surface area (Å²) in [5.74, 6) is 7.75. The third-order valence-corrected chi connectivity index (χ3v) is 18.8. The van der Waals surface area contributed by atoms with Crippen LogP contribution in [0.3, 0.4) is 0 Å². The van der Waals surface area contributed by atoms with Gasteiger partial charge >= 0.3 is 0 Å². The van der Waals surface area contributed by atoms with Gasteiger partial charge in [-0.05, 0) is 176 Å². The van der Waals surface area contributed by atoms with Gasteiger partial charge in [0.2, 0.25) is 0 Å². The predicted molar refractivity (Wildman–Crippen MR) is 225 cm³/mol. The van der Waals surface area contributed by atoms with E-state index >= 15 is 0 Å². The van der Waals surface area contributed by atoms with Gasteiger partial charge in [-0.15, -0.1) is 0 Å². The van der Waals surface area contributed by atoms with Crippen molar-refractivity contribution in [3.63, 3.8) is 0 Å². The second-order valence-electron chi connectivity index (χ2n) is 21.9. The minimum atomic E-state index is 0.552. The number of hydrogen-bond donors (Lipinski definition) is 0. The fourth-order valence-electron chi connectivity index (χ4n) is 16.1. The molecule has 4 heterocycles. The standard InChI is InChI=1S/C50H84N2O4/c1-3-17-47-43(15-1)45-21-19-36(24-28-54-26-8-14-42-34-56-42)30-50(45)52(47)40-12-6-10-38(32-40)37-9-5-11-39(31-37)51-48-18-4-2-16-44(48)46-29-35(20-22-49(46)51)23-27-53-25-7-13-41-33-55-41/h35-50H,1-34H2. The number of ether oxygens (including phenoxy) is 4. The maximum atomic E-state index is 6.21. The Bertz CT molecular complexity index is 1230. The number of hydrogen-bond acceptors (Lipinski definition) is 6. The minimum absolute atomic E-state index is 0.552. The summed E-state index contributed by atoms with van der Waals surface area (Å²) in [6, 6.07) is 5.36. The van der Waals surface area contributed by atoms with E-state index in [1.54, 1.807) is 12.8 Å². The first kappa shape index (κ1) is 39.9. The van der Waals surface area contributed by atoms with Crippen LogP contribution in [0.4, 0.5) is 0 Å². The van der Waals surface area contributed by atoms with E-state index in [9.17, 15) is 0 Å². The summed E-state index contributed by atoms with van der Waals surface area (Å²) in [5, 5.41) is 0. The summed E-state index contributed by atoms with van der Waals surface area (Å²) in [7, 11) is 0. The van der Waals surface area contributed by atoms with Crippen LogP contribution in [0.25, 0.3) is 0 Å². The van der Waals surface area contributed by atoms with Crippen LogP contribution >= 0.6 is 0 Å². The molecular weight excluding hydrogens is 693 g/mol. The lowest BCUT2D eigenvalue weighted by Gasteiger charge is -2.49. The molecule has 0 bridgehead atoms. The third kappa shape index (κ3) is 9.17. The van der Waals surface area contributed by atoms with Crippen molar-refractivity contribution in [3.05, 3.63) is 0 Å². The van der Waals surface area contributed by atoms with Crippen molar-refractivity contribution in [1.29, 1.82) is 0 Å². The highest BCUT2D eigenvalue weighted by molar-refractivity contribution is 5.09. The molecule has 16 unspecified atom stereocenters. The van der Waals surface area contributed by atoms with Gasteiger partial charge in [0.15, 0.2) is 0 Å². The highest BCUT2D eigenvalue weighted by atomic mass is 16.6. The van der Waals surface area contributed by atoms with Crippen LogP contribution in [0, 0.1) is 47.3 Å². The predicted octanol–water partition coefficient (Wildman–Crippen LogP) is 10.6. The number of nitrogens with zero attached hydrogens (tertiary/aromatic N) is 2. The van der Waals surface area contributed by atoms with E-state index in [1.807, 2.05) is 0 Å². The second-order valence-corrected chi connectivity index (χ2v) is 21.9. The van der Waals surface area contributed by atoms with Crippen LogP contribution in [-0.4, -0.2) is 97.9 Å². The quantitative estimate of drug-likeness (QED) is 0.108. The van der Waals surface area contributed by atoms with Crippen LogP contribution in [0.5, 0.6) is 0 Å². The van der Waals surface area contributed by atoms with Gasteiger partial charge in [0.1, 0.15) is 0 Å². The zero-order valence-corrected chi connectivity index (χ0v) is 35.8. The molecule has 0 N–H and O–H groups in total. The third-order valence-electron chi connectivity index (χ3n) is 18.8. The van der Waals surface area contributed by atoms with Crippen molar-refractivity contribution < 1.29 is 18.9 Å². The van der Waals surface area contributed by atoms with Crippen molar-refractivity contribution in [2.24, 2.45) is 47.3 Å². The molecule has 0 aromatic carbocycles. The van der Waals surface area contributed by atoms with Crippen molar-refractivity contribution >= 4 is 0 Å². The molecule has 10 fully saturated rings. The van der Waals surface area contributed by atoms with Gasteiger partial charge < -0.3 is 18.9 Å². The van der Waals surface area contributed by atoms with E-state index in [0.717, 1.165) is 123 Å². The van der Waals surface area contributed by atoms with Gasteiger partial charge in [-0.2, -0.15) is 0 Å². The number of likely N-dealkylation sites (tertiary alicyclic amines) is 2. The number of epoxide rings is 2. The Balaban J connectivity index is 0.750. The fourth-order valence-corrected chi connectivity index (χ4v) is 16.1. The molecule has 6 saturated carbocycles. The van der Waals surface area contributed by atoms with Crippen molar-refractivity contribution in [1.82, 2.24) is 9.80 Å². The lowest BCUT2D eigenvalue weighted by Crippen LogP contribution is -2.51. The van der Waals surface area contributed by atoms with E-state index < -0.39 is 0 Å². The summed E-state index contributed by atoms with van der Waals surface area (Å²) in [5.41, 5.74) is 0. The van der Waals surface area contributed by atoms with Gasteiger partial charge in [0, 0.05) is 62.7 Å². The Kier molecular flexibility index (Phi) is 13.4. The van der Waals surface area contributed by atoms with Gasteiger partial charge in [-0.25, -0.2) is 0 Å². The molecule has 0 aromatic heterocycles. The van der Waals surface area contributed by atoms with Crippen molar-refractivity contribution in [2.75, 3.05) is 39.6 Å². The maximum Gasteiger partial charge on any atom is 0.0810 e. The van der Waals surface area contributed by atoms with Crippen LogP contribution in [0.1, 0.15) is 180 Å². The Morgan fingerprint density at radius 1 is 0.393 bits per heavy atom. The van der Waals surface area contributed by atoms with Gasteiger partial charge in [0.25, 0.3) is 0 Å². The van der Waals surface area contributed by atoms with Gasteiger partial charge in [-0.1, -0.05) is 51.4 Å². The first-order valence-corrected chi connectivity index (χ1v) is 25.7. The molecule has 4 saturated heterocycles. The summed E-state index contributed by atoms with van der Waals surface area (Å²) in [6.07, 6.45) is 41.6. The Morgan fingerprint density at radius 2 is 0.893 bits per heavy atom. The maximum absolute atomic E-state index is 6.21. The van der Waals surface area contributed by atoms with E-state index in [4.69, 9.17) is 18.9 Å². The molecule has 6 nitrogen and oxygen atoms in total. The normalized spacial score (nSPS) is 46.5. The zero-order chi connectivity index (χ0) is 37.3. The Labute approximate surface area is 343 Å². The first-order chi connectivity index (χ1) is 27.8. The topological polar surface area (TPSA) is 50.0 Å². The van der Waals surface area contributed by atoms with Gasteiger partial charge in [-0.3, -0.25) is 9.80 Å². The Hall–Kier alpha value is -0.240. The summed E-state index contributed by atoms with van der Waals surface area (Å²) < 4.78 is 23.2. The molecule has 10 rings (SSSR count). The summed E-state index contributed by atoms with van der Waals surface area (Å²) >= 11 is 0. The molecule has 0 amide bonds. The molecule has 4 aliphatic heterocycles. The largest absolute Gasteiger partial charge is 0.381 e. The highest BCUT2D eigenvalue weighted by Crippen LogP contribution is 2.56. The monoisotopic (exact) mass is 777 g/mol. The fraction of sp³-hybridized carbons (Fsp3) is 1.00. The van der Waals surface area contributed by atoms with Crippen LogP contribution < -0.4 is 0 Å². The lowest BCUT2D eigenvalue weighted by molar-refractivity contribution is 0.00647. The molecule has 318 valence electrons. The molecular formula is C50H84N2O4. The summed E-state index contributed by atoms with van der Waals surface area (Å²) in [6.45, 7) is 5.83. The molecule has 6 aliphatic carbocycles. The molecule has 16 atom stereocenters. The van der Waals surface area contributed by atoms with Crippen LogP contribution in [0.15, 0.2) is 0 Å². The average molecular weight is 777 g/mol. The minimum Gasteiger partial charge on any atom is -0.381 e. The summed E-state index contributed by atoms with van der Waals surface area (Å²) in [4.78, 5) is 6.62. The molecule has 0 aromatic rings. The molecule has 0 spiro atoms. The zero-order valence-electron chi connectivity index (χ0n) is 35.8. The SMILES string of the molecule is C(COCCC1CCC2C(C1)C1CCCCC1N2C1CCCC(C2CCCC(N3C4CCCCC4C4CCC(CCOCCCC5CO5)CC43)C2)C1)CC1CO1. The van der Waals surface area contributed by atoms with E-state index in [0.29, 0.717) is 12.2 Å². The molecule has 0 radical (unpaired) electrons. The molecule has 6 heteroatoms. The smallest absolute Gasteiger partial charge is 0.0810 e. The van der Waals surface area contributed by atoms with Crippen molar-refractivity contribution in [3.8, 4) is 0 Å². The highest BCUT2D eigenvalue weighted by Gasteiger charge is 2.55. The van der Waals surface area contributed by atoms with Crippen LogP contribution in [-0.2, 0) is 18.9 Å². The molecule has 10 aliphatic rings. The average Bonchev–Trinajstić information content (AvgIpc) is 4.19. The molecule has 56 heavy (non-hydrogen) atoms. The Morgan fingerprint density at radius 3 is 1.50 bits per heavy atom. The second kappa shape index (κ2) is 18.8. The first-order valence-electron chi connectivity index (χ1n) is 25.7. The van der Waals surface area contributed by atoms with Crippen molar-refractivity contribution in [2.45, 2.75) is 228 Å². The lowest BCUT2D eigenvalue weighted by atomic mass is 9.69. The van der Waals surface area contributed by atoms with E-state index in [2.05, 4.69) is 9.80 Å².